The van der Waals surface area contributed by atoms with Crippen molar-refractivity contribution in [1.82, 2.24) is 10.2 Å². The molecule has 268 valence electrons. The van der Waals surface area contributed by atoms with Gasteiger partial charge in [0.15, 0.2) is 0 Å². The molecule has 11 nitrogen and oxygen atoms in total. The van der Waals surface area contributed by atoms with Crippen LogP contribution in [0, 0.1) is 25.7 Å². The zero-order valence-electron chi connectivity index (χ0n) is 29.4. The lowest BCUT2D eigenvalue weighted by Gasteiger charge is -2.39. The SMILES string of the molecule is C=CCCC(=O)N[C@@H](COC)[C@@H](OC(=O)[C@@H]1[C@H]2C(=O)N([C@H](C)CO)[C@H](C(=O)N(CC=C)c3c(C)cccc3C)[C@]23CC[C@H]1O3)c1ccccc1. The molecular formula is C39H49N3O8. The molecule has 1 spiro atoms. The molecule has 5 rings (SSSR count). The molecule has 2 aromatic carbocycles. The number of methoxy groups -OCH3 is 1. The van der Waals surface area contributed by atoms with E-state index in [0.29, 0.717) is 24.8 Å². The van der Waals surface area contributed by atoms with E-state index in [1.54, 1.807) is 36.1 Å². The number of aliphatic hydroxyl groups is 1. The maximum absolute atomic E-state index is 14.9. The van der Waals surface area contributed by atoms with Crippen LogP contribution in [0.1, 0.15) is 55.4 Å². The quantitative estimate of drug-likeness (QED) is 0.200. The third-order valence-electron chi connectivity index (χ3n) is 10.3. The van der Waals surface area contributed by atoms with E-state index in [0.717, 1.165) is 16.8 Å². The number of rotatable bonds is 16. The number of ether oxygens (including phenoxy) is 3. The van der Waals surface area contributed by atoms with Gasteiger partial charge in [0.25, 0.3) is 5.91 Å². The van der Waals surface area contributed by atoms with Gasteiger partial charge in [0.05, 0.1) is 43.2 Å². The first-order chi connectivity index (χ1) is 24.0. The van der Waals surface area contributed by atoms with Crippen molar-refractivity contribution in [1.29, 1.82) is 0 Å². The van der Waals surface area contributed by atoms with Crippen LogP contribution in [0.2, 0.25) is 0 Å². The summed E-state index contributed by atoms with van der Waals surface area (Å²) < 4.78 is 18.4. The summed E-state index contributed by atoms with van der Waals surface area (Å²) in [5, 5.41) is 13.3. The van der Waals surface area contributed by atoms with Crippen molar-refractivity contribution in [3.05, 3.63) is 90.5 Å². The number of aryl methyl sites for hydroxylation is 2. The molecule has 50 heavy (non-hydrogen) atoms. The van der Waals surface area contributed by atoms with Gasteiger partial charge in [-0.2, -0.15) is 0 Å². The lowest BCUT2D eigenvalue weighted by atomic mass is 9.70. The summed E-state index contributed by atoms with van der Waals surface area (Å²) >= 11 is 0. The highest BCUT2D eigenvalue weighted by molar-refractivity contribution is 6.05. The molecule has 0 unspecified atom stereocenters. The molecule has 0 saturated carbocycles. The summed E-state index contributed by atoms with van der Waals surface area (Å²) in [6.07, 6.45) is 3.19. The average Bonchev–Trinajstić information content (AvgIpc) is 3.76. The molecule has 2 aromatic rings. The summed E-state index contributed by atoms with van der Waals surface area (Å²) in [4.78, 5) is 59.7. The molecule has 3 aliphatic heterocycles. The van der Waals surface area contributed by atoms with Crippen LogP contribution in [-0.4, -0.2) is 90.4 Å². The van der Waals surface area contributed by atoms with Crippen LogP contribution in [0.25, 0.3) is 0 Å². The van der Waals surface area contributed by atoms with E-state index < -0.39 is 59.6 Å². The van der Waals surface area contributed by atoms with Gasteiger partial charge in [-0.25, -0.2) is 0 Å². The van der Waals surface area contributed by atoms with Crippen LogP contribution >= 0.6 is 0 Å². The number of hydrogen-bond acceptors (Lipinski definition) is 8. The molecule has 0 aliphatic carbocycles. The Morgan fingerprint density at radius 3 is 2.44 bits per heavy atom. The number of hydrogen-bond donors (Lipinski definition) is 2. The van der Waals surface area contributed by atoms with E-state index in [-0.39, 0.29) is 38.0 Å². The highest BCUT2D eigenvalue weighted by Gasteiger charge is 2.75. The third-order valence-corrected chi connectivity index (χ3v) is 10.3. The van der Waals surface area contributed by atoms with Crippen LogP contribution in [0.4, 0.5) is 5.69 Å². The lowest BCUT2D eigenvalue weighted by Crippen LogP contribution is -2.58. The summed E-state index contributed by atoms with van der Waals surface area (Å²) in [5.41, 5.74) is 1.81. The fourth-order valence-electron chi connectivity index (χ4n) is 8.13. The predicted molar refractivity (Wildman–Crippen MR) is 188 cm³/mol. The summed E-state index contributed by atoms with van der Waals surface area (Å²) in [5.74, 6) is -3.73. The Morgan fingerprint density at radius 2 is 1.82 bits per heavy atom. The molecule has 3 aliphatic rings. The second kappa shape index (κ2) is 15.7. The van der Waals surface area contributed by atoms with E-state index in [9.17, 15) is 24.3 Å². The van der Waals surface area contributed by atoms with E-state index >= 15 is 0 Å². The highest BCUT2D eigenvalue weighted by Crippen LogP contribution is 2.59. The van der Waals surface area contributed by atoms with Crippen LogP contribution in [0.3, 0.4) is 0 Å². The molecule has 3 heterocycles. The van der Waals surface area contributed by atoms with Crippen molar-refractivity contribution >= 4 is 29.4 Å². The summed E-state index contributed by atoms with van der Waals surface area (Å²) in [6.45, 7) is 13.0. The first-order valence-electron chi connectivity index (χ1n) is 17.3. The normalized spacial score (nSPS) is 25.4. The van der Waals surface area contributed by atoms with Crippen LogP contribution in [-0.2, 0) is 33.4 Å². The van der Waals surface area contributed by atoms with Gasteiger partial charge in [-0.05, 0) is 56.7 Å². The summed E-state index contributed by atoms with van der Waals surface area (Å²) in [6, 6.07) is 12.3. The van der Waals surface area contributed by atoms with Gasteiger partial charge >= 0.3 is 5.97 Å². The molecule has 2 N–H and O–H groups in total. The van der Waals surface area contributed by atoms with Crippen molar-refractivity contribution in [3.63, 3.8) is 0 Å². The van der Waals surface area contributed by atoms with Crippen LogP contribution in [0.5, 0.6) is 0 Å². The minimum atomic E-state index is -1.31. The molecule has 8 atom stereocenters. The Morgan fingerprint density at radius 1 is 1.12 bits per heavy atom. The first kappa shape index (κ1) is 36.9. The largest absolute Gasteiger partial charge is 0.455 e. The van der Waals surface area contributed by atoms with E-state index in [4.69, 9.17) is 14.2 Å². The average molecular weight is 688 g/mol. The van der Waals surface area contributed by atoms with Gasteiger partial charge in [-0.1, -0.05) is 60.7 Å². The van der Waals surface area contributed by atoms with Gasteiger partial charge in [-0.3, -0.25) is 19.2 Å². The number of benzene rings is 2. The number of esters is 1. The second-order valence-electron chi connectivity index (χ2n) is 13.5. The minimum absolute atomic E-state index is 0.0549. The lowest BCUT2D eigenvalue weighted by molar-refractivity contribution is -0.163. The Bertz CT molecular complexity index is 1580. The van der Waals surface area contributed by atoms with Gasteiger partial charge < -0.3 is 34.4 Å². The van der Waals surface area contributed by atoms with Gasteiger partial charge in [0.1, 0.15) is 17.7 Å². The molecule has 11 heteroatoms. The number of amides is 3. The Balaban J connectivity index is 1.52. The number of anilines is 1. The van der Waals surface area contributed by atoms with E-state index in [2.05, 4.69) is 18.5 Å². The summed E-state index contributed by atoms with van der Waals surface area (Å²) in [7, 11) is 1.50. The van der Waals surface area contributed by atoms with Crippen molar-refractivity contribution in [2.45, 2.75) is 82.4 Å². The number of nitrogens with zero attached hydrogens (tertiary/aromatic N) is 2. The molecule has 2 bridgehead atoms. The fraction of sp³-hybridized carbons (Fsp3) is 0.487. The topological polar surface area (TPSA) is 135 Å². The number of carbonyl (C=O) groups is 4. The van der Waals surface area contributed by atoms with Crippen molar-refractivity contribution in [2.75, 3.05) is 31.8 Å². The minimum Gasteiger partial charge on any atom is -0.455 e. The molecule has 0 aromatic heterocycles. The number of aliphatic hydroxyl groups excluding tert-OH is 1. The smallest absolute Gasteiger partial charge is 0.313 e. The number of likely N-dealkylation sites (tertiary alicyclic amines) is 1. The zero-order chi connectivity index (χ0) is 36.2. The maximum Gasteiger partial charge on any atom is 0.313 e. The number of allylic oxidation sites excluding steroid dienone is 1. The molecular weight excluding hydrogens is 638 g/mol. The Hall–Kier alpha value is -4.32. The number of para-hydroxylation sites is 1. The first-order valence-corrected chi connectivity index (χ1v) is 17.3. The number of carbonyl (C=O) groups excluding carboxylic acids is 4. The Kier molecular flexibility index (Phi) is 11.6. The second-order valence-corrected chi connectivity index (χ2v) is 13.5. The van der Waals surface area contributed by atoms with Gasteiger partial charge in [0.2, 0.25) is 11.8 Å². The predicted octanol–water partition coefficient (Wildman–Crippen LogP) is 3.96. The van der Waals surface area contributed by atoms with E-state index in [1.807, 2.05) is 50.2 Å². The van der Waals surface area contributed by atoms with Crippen molar-refractivity contribution in [2.24, 2.45) is 11.8 Å². The molecule has 3 fully saturated rings. The van der Waals surface area contributed by atoms with Gasteiger partial charge in [-0.15, -0.1) is 13.2 Å². The van der Waals surface area contributed by atoms with Gasteiger partial charge in [0, 0.05) is 25.8 Å². The van der Waals surface area contributed by atoms with Crippen LogP contribution < -0.4 is 10.2 Å². The molecule has 3 saturated heterocycles. The maximum atomic E-state index is 14.9. The Labute approximate surface area is 294 Å². The standard InChI is InChI=1S/C39H49N3O8/c1-7-9-18-30(44)40-28(23-48-6)34(27-16-11-10-12-17-27)49-38(47)31-29-19-20-39(50-29)32(31)36(45)42(26(5)22-43)35(39)37(46)41(21-8-2)33-24(3)14-13-15-25(33)4/h7-8,10-17,26,28-29,31-32,34-35,43H,1-2,9,18-23H2,3-6H3,(H,40,44)/t26-,28+,29-,31+,32+,34+,35-,39+/m1/s1. The number of fused-ring (bicyclic) bond motifs is 1. The van der Waals surface area contributed by atoms with Crippen LogP contribution in [0.15, 0.2) is 73.8 Å². The monoisotopic (exact) mass is 687 g/mol. The van der Waals surface area contributed by atoms with Crippen molar-refractivity contribution in [3.8, 4) is 0 Å². The molecule has 3 amide bonds. The highest BCUT2D eigenvalue weighted by atomic mass is 16.6. The number of nitrogens with one attached hydrogen (secondary N) is 1. The fourth-order valence-corrected chi connectivity index (χ4v) is 8.13. The van der Waals surface area contributed by atoms with E-state index in [1.165, 1.54) is 12.0 Å². The zero-order valence-corrected chi connectivity index (χ0v) is 29.4. The molecule has 0 radical (unpaired) electrons. The van der Waals surface area contributed by atoms with Crippen molar-refractivity contribution < 1.29 is 38.5 Å². The third kappa shape index (κ3) is 6.74.